The van der Waals surface area contributed by atoms with E-state index in [-0.39, 0.29) is 60.3 Å². The van der Waals surface area contributed by atoms with Gasteiger partial charge in [-0.25, -0.2) is 19.2 Å². The highest BCUT2D eigenvalue weighted by molar-refractivity contribution is 14.1. The van der Waals surface area contributed by atoms with E-state index in [2.05, 4.69) is 25.6 Å². The number of halogens is 2. The van der Waals surface area contributed by atoms with Crippen molar-refractivity contribution < 1.29 is 85.6 Å². The number of benzene rings is 2. The van der Waals surface area contributed by atoms with Gasteiger partial charge in [-0.3, -0.25) is 9.59 Å². The standard InChI is InChI=1S/C53H53FIN5O19/c1-20-10-13-28(57-20)47(66)74-31-18-32(78-52(4,5)43(31)70-8)73-30-15-12-24-37(61)35(50(69)76-41(24)33(30)54)60-46(65)34-22(3)26(19-56-34)45(64)59-36-38(62)25-16-23(17-27(55)40(25)75-49(36)68)72-51-39(63)42(44(71-9)53(6,7)79-51)77-48(67)29-14-11-21(2)58-29/h10-17,19,31-32,39,42-44,51,56-58,61-63H,18H2,1-9H3,(H,59,64)(H,60,65)/t31?,32-,39?,42?,43-,44-,51+/m1/s1. The number of methoxy groups -OCH3 is 2. The van der Waals surface area contributed by atoms with Crippen LogP contribution >= 0.6 is 22.6 Å². The summed E-state index contributed by atoms with van der Waals surface area (Å²) in [5.74, 6) is -6.81. The van der Waals surface area contributed by atoms with Gasteiger partial charge in [0.2, 0.25) is 18.4 Å². The first-order valence-electron chi connectivity index (χ1n) is 24.2. The van der Waals surface area contributed by atoms with Gasteiger partial charge in [0.25, 0.3) is 11.8 Å². The summed E-state index contributed by atoms with van der Waals surface area (Å²) >= 11 is 1.82. The van der Waals surface area contributed by atoms with Gasteiger partial charge < -0.3 is 87.6 Å². The van der Waals surface area contributed by atoms with Gasteiger partial charge in [0.05, 0.1) is 31.1 Å². The number of aromatic hydroxyl groups is 2. The van der Waals surface area contributed by atoms with E-state index in [1.54, 1.807) is 59.7 Å². The van der Waals surface area contributed by atoms with Crippen molar-refractivity contribution in [2.75, 3.05) is 24.9 Å². The number of ether oxygens (including phenoxy) is 8. The summed E-state index contributed by atoms with van der Waals surface area (Å²) < 4.78 is 74.1. The van der Waals surface area contributed by atoms with Crippen LogP contribution in [0.25, 0.3) is 21.9 Å². The average Bonchev–Trinajstić information content (AvgIpc) is 4.25. The number of fused-ring (bicyclic) bond motifs is 2. The summed E-state index contributed by atoms with van der Waals surface area (Å²) in [6.07, 6.45) is -7.24. The van der Waals surface area contributed by atoms with Crippen molar-refractivity contribution >= 4 is 79.7 Å². The zero-order valence-electron chi connectivity index (χ0n) is 43.6. The SMILES string of the molecule is CO[C@@H]1C(OC(=O)c2ccc(C)[nH]2)C[C@H](Oc2ccc3c(O)c(NC(=O)c4[nH]cc(C(=O)Nc5c(O)c6cc(O[C@H]7OC(C)(C)[C@H](OC)C(OC(=O)c8ccc(C)[nH]8)C7O)cc(I)c6oc5=O)c4C)c(=O)oc3c2F)OC1(C)C. The molecular weight excluding hydrogens is 1160 g/mol. The molecule has 7 atom stereocenters. The van der Waals surface area contributed by atoms with Gasteiger partial charge in [-0.2, -0.15) is 4.39 Å². The molecule has 2 aromatic carbocycles. The van der Waals surface area contributed by atoms with Gasteiger partial charge in [0.15, 0.2) is 52.0 Å². The lowest BCUT2D eigenvalue weighted by atomic mass is 9.89. The molecule has 0 spiro atoms. The second kappa shape index (κ2) is 21.5. The molecule has 26 heteroatoms. The molecule has 2 amide bonds. The van der Waals surface area contributed by atoms with E-state index in [1.165, 1.54) is 45.4 Å². The molecule has 8 N–H and O–H groups in total. The first kappa shape index (κ1) is 56.0. The van der Waals surface area contributed by atoms with Crippen LogP contribution in [-0.4, -0.2) is 123 Å². The minimum Gasteiger partial charge on any atom is -0.505 e. The van der Waals surface area contributed by atoms with Crippen LogP contribution in [0.4, 0.5) is 15.8 Å². The average molecular weight is 1210 g/mol. The van der Waals surface area contributed by atoms with Crippen LogP contribution in [0.3, 0.4) is 0 Å². The first-order valence-corrected chi connectivity index (χ1v) is 25.3. The summed E-state index contributed by atoms with van der Waals surface area (Å²) in [6.45, 7) is 11.5. The van der Waals surface area contributed by atoms with Gasteiger partial charge in [-0.15, -0.1) is 0 Å². The number of H-pyrrole nitrogens is 3. The largest absolute Gasteiger partial charge is 0.505 e. The van der Waals surface area contributed by atoms with Gasteiger partial charge in [-0.05, 0) is 125 Å². The molecule has 24 nitrogen and oxygen atoms in total. The molecule has 418 valence electrons. The summed E-state index contributed by atoms with van der Waals surface area (Å²) in [7, 11) is 2.79. The third-order valence-corrected chi connectivity index (χ3v) is 14.3. The number of hydrogen-bond donors (Lipinski definition) is 8. The molecule has 2 aliphatic heterocycles. The van der Waals surface area contributed by atoms with E-state index in [0.29, 0.717) is 5.69 Å². The number of carbonyl (C=O) groups excluding carboxylic acids is 4. The zero-order valence-corrected chi connectivity index (χ0v) is 45.7. The van der Waals surface area contributed by atoms with E-state index in [4.69, 9.17) is 46.7 Å². The van der Waals surface area contributed by atoms with Crippen LogP contribution in [0.15, 0.2) is 73.2 Å². The lowest BCUT2D eigenvalue weighted by Gasteiger charge is -2.47. The Kier molecular flexibility index (Phi) is 15.2. The van der Waals surface area contributed by atoms with Crippen LogP contribution < -0.4 is 31.4 Å². The Morgan fingerprint density at radius 2 is 1.33 bits per heavy atom. The number of carbonyl (C=O) groups is 4. The van der Waals surface area contributed by atoms with Crippen LogP contribution in [-0.2, 0) is 28.4 Å². The number of aromatic nitrogens is 3. The number of hydrogen-bond acceptors (Lipinski definition) is 19. The normalized spacial score (nSPS) is 21.6. The molecule has 7 aromatic rings. The highest BCUT2D eigenvalue weighted by Crippen LogP contribution is 2.41. The zero-order chi connectivity index (χ0) is 57.2. The number of nitrogens with one attached hydrogen (secondary N) is 5. The van der Waals surface area contributed by atoms with Crippen molar-refractivity contribution in [2.45, 2.75) is 109 Å². The van der Waals surface area contributed by atoms with Crippen molar-refractivity contribution in [3.8, 4) is 23.0 Å². The number of anilines is 2. The monoisotopic (exact) mass is 1210 g/mol. The predicted octanol–water partition coefficient (Wildman–Crippen LogP) is 6.73. The Morgan fingerprint density at radius 1 is 0.747 bits per heavy atom. The molecule has 5 aromatic heterocycles. The number of aryl methyl sites for hydroxylation is 2. The third-order valence-electron chi connectivity index (χ3n) is 13.5. The van der Waals surface area contributed by atoms with E-state index in [0.717, 1.165) is 18.0 Å². The van der Waals surface area contributed by atoms with Crippen molar-refractivity contribution in [1.29, 1.82) is 0 Å². The maximum absolute atomic E-state index is 16.1. The number of aliphatic hydroxyl groups is 1. The lowest BCUT2D eigenvalue weighted by molar-refractivity contribution is -0.305. The molecule has 0 radical (unpaired) electrons. The summed E-state index contributed by atoms with van der Waals surface area (Å²) in [5.41, 5.74) is -5.94. The Balaban J connectivity index is 0.898. The van der Waals surface area contributed by atoms with E-state index in [9.17, 15) is 44.1 Å². The molecular formula is C53H53FIN5O19. The summed E-state index contributed by atoms with van der Waals surface area (Å²) in [6, 6.07) is 11.5. The fraction of sp³-hybridized carbons (Fsp3) is 0.358. The minimum absolute atomic E-state index is 0.0125. The highest BCUT2D eigenvalue weighted by atomic mass is 127. The predicted molar refractivity (Wildman–Crippen MR) is 283 cm³/mol. The Labute approximate surface area is 459 Å². The number of amides is 2. The molecule has 9 rings (SSSR count). The lowest BCUT2D eigenvalue weighted by Crippen LogP contribution is -2.65. The molecule has 0 bridgehead atoms. The molecule has 2 aliphatic rings. The van der Waals surface area contributed by atoms with Gasteiger partial charge >= 0.3 is 23.2 Å². The molecule has 2 saturated heterocycles. The maximum atomic E-state index is 16.1. The smallest absolute Gasteiger partial charge is 0.364 e. The fourth-order valence-electron chi connectivity index (χ4n) is 9.68. The first-order chi connectivity index (χ1) is 37.3. The number of aliphatic hydroxyl groups excluding tert-OH is 1. The Hall–Kier alpha value is -7.76. The fourth-order valence-corrected chi connectivity index (χ4v) is 10.4. The van der Waals surface area contributed by atoms with Crippen molar-refractivity contribution in [1.82, 2.24) is 15.0 Å². The van der Waals surface area contributed by atoms with Gasteiger partial charge in [0.1, 0.15) is 41.1 Å². The molecule has 0 saturated carbocycles. The van der Waals surface area contributed by atoms with E-state index >= 15 is 4.39 Å². The Morgan fingerprint density at radius 3 is 1.94 bits per heavy atom. The number of esters is 2. The van der Waals surface area contributed by atoms with Crippen molar-refractivity contribution in [2.24, 2.45) is 0 Å². The van der Waals surface area contributed by atoms with Crippen LogP contribution in [0, 0.1) is 30.2 Å². The quantitative estimate of drug-likeness (QED) is 0.0318. The van der Waals surface area contributed by atoms with E-state index in [1.807, 2.05) is 22.6 Å². The third kappa shape index (κ3) is 10.8. The summed E-state index contributed by atoms with van der Waals surface area (Å²) in [4.78, 5) is 88.6. The Bertz CT molecular complexity index is 3690. The highest BCUT2D eigenvalue weighted by Gasteiger charge is 2.54. The van der Waals surface area contributed by atoms with Gasteiger partial charge in [-0.1, -0.05) is 0 Å². The number of rotatable bonds is 14. The molecule has 3 unspecified atom stereocenters. The van der Waals surface area contributed by atoms with Gasteiger partial charge in [0, 0.05) is 38.2 Å². The summed E-state index contributed by atoms with van der Waals surface area (Å²) in [5, 5.41) is 38.3. The van der Waals surface area contributed by atoms with Crippen molar-refractivity contribution in [3.05, 3.63) is 125 Å². The molecule has 2 fully saturated rings. The van der Waals surface area contributed by atoms with Crippen LogP contribution in [0.1, 0.15) is 92.9 Å². The van der Waals surface area contributed by atoms with Crippen LogP contribution in [0.5, 0.6) is 23.0 Å². The topological polar surface area (TPSA) is 335 Å². The second-order valence-corrected chi connectivity index (χ2v) is 21.0. The number of aromatic amines is 3. The van der Waals surface area contributed by atoms with Crippen LogP contribution in [0.2, 0.25) is 0 Å². The minimum atomic E-state index is -1.62. The molecule has 79 heavy (non-hydrogen) atoms. The molecule has 7 heterocycles. The second-order valence-electron chi connectivity index (χ2n) is 19.8. The van der Waals surface area contributed by atoms with E-state index < -0.39 is 129 Å². The molecule has 0 aliphatic carbocycles. The maximum Gasteiger partial charge on any atom is 0.364 e. The van der Waals surface area contributed by atoms with Crippen molar-refractivity contribution in [3.63, 3.8) is 0 Å².